The summed E-state index contributed by atoms with van der Waals surface area (Å²) in [6, 6.07) is 2.98. The molecule has 0 spiro atoms. The molecule has 9 heteroatoms. The van der Waals surface area contributed by atoms with Gasteiger partial charge < -0.3 is 5.32 Å². The quantitative estimate of drug-likeness (QED) is 0.866. The number of aromatic nitrogens is 4. The van der Waals surface area contributed by atoms with Crippen LogP contribution >= 0.6 is 11.8 Å². The highest BCUT2D eigenvalue weighted by Gasteiger charge is 2.24. The predicted octanol–water partition coefficient (Wildman–Crippen LogP) is 2.83. The summed E-state index contributed by atoms with van der Waals surface area (Å²) in [5.41, 5.74) is -0.398. The summed E-state index contributed by atoms with van der Waals surface area (Å²) in [6.45, 7) is 7.47. The molecule has 1 aromatic heterocycles. The Balaban J connectivity index is 2.08. The van der Waals surface area contributed by atoms with E-state index >= 15 is 0 Å². The maximum absolute atomic E-state index is 13.6. The number of rotatable bonds is 4. The monoisotopic (exact) mass is 341 g/mol. The van der Waals surface area contributed by atoms with Crippen molar-refractivity contribution < 1.29 is 13.6 Å². The number of tetrazole rings is 1. The third-order valence-electron chi connectivity index (χ3n) is 2.92. The van der Waals surface area contributed by atoms with Crippen LogP contribution in [-0.4, -0.2) is 31.4 Å². The molecule has 2 rings (SSSR count). The summed E-state index contributed by atoms with van der Waals surface area (Å²) in [6.07, 6.45) is 0. The van der Waals surface area contributed by atoms with Crippen molar-refractivity contribution >= 4 is 23.4 Å². The summed E-state index contributed by atoms with van der Waals surface area (Å²) in [5, 5.41) is 13.8. The molecule has 6 nitrogen and oxygen atoms in total. The fraction of sp³-hybridized carbons (Fsp3) is 0.429. The summed E-state index contributed by atoms with van der Waals surface area (Å²) in [4.78, 5) is 12.2. The average molecular weight is 341 g/mol. The highest BCUT2D eigenvalue weighted by molar-refractivity contribution is 8.00. The summed E-state index contributed by atoms with van der Waals surface area (Å²) in [7, 11) is 0. The van der Waals surface area contributed by atoms with Crippen LogP contribution in [0.5, 0.6) is 0 Å². The lowest BCUT2D eigenvalue weighted by Crippen LogP contribution is -2.27. The summed E-state index contributed by atoms with van der Waals surface area (Å²) >= 11 is 1.16. The standard InChI is InChI=1S/C14H17F2N5OS/c1-8(23-13-18-19-20-21(13)14(2,3)4)12(22)17-11-6-5-9(15)7-10(11)16/h5-8H,1-4H3,(H,17,22). The van der Waals surface area contributed by atoms with Gasteiger partial charge in [0.25, 0.3) is 0 Å². The smallest absolute Gasteiger partial charge is 0.237 e. The highest BCUT2D eigenvalue weighted by atomic mass is 32.2. The number of carbonyl (C=O) groups is 1. The molecule has 1 heterocycles. The second-order valence-electron chi connectivity index (χ2n) is 5.92. The van der Waals surface area contributed by atoms with E-state index in [1.54, 1.807) is 11.6 Å². The first-order valence-electron chi connectivity index (χ1n) is 6.90. The molecule has 0 saturated heterocycles. The van der Waals surface area contributed by atoms with Gasteiger partial charge in [-0.05, 0) is 50.3 Å². The second-order valence-corrected chi connectivity index (χ2v) is 7.23. The lowest BCUT2D eigenvalue weighted by Gasteiger charge is -2.20. The fourth-order valence-corrected chi connectivity index (χ4v) is 2.69. The van der Waals surface area contributed by atoms with Gasteiger partial charge in [-0.2, -0.15) is 0 Å². The number of thioether (sulfide) groups is 1. The van der Waals surface area contributed by atoms with Crippen molar-refractivity contribution in [2.45, 2.75) is 43.6 Å². The van der Waals surface area contributed by atoms with Gasteiger partial charge in [-0.3, -0.25) is 4.79 Å². The normalized spacial score (nSPS) is 13.0. The van der Waals surface area contributed by atoms with Crippen LogP contribution in [0.4, 0.5) is 14.5 Å². The maximum atomic E-state index is 13.6. The minimum absolute atomic E-state index is 0.0701. The molecule has 0 fully saturated rings. The van der Waals surface area contributed by atoms with E-state index in [1.165, 1.54) is 6.07 Å². The molecule has 0 aliphatic heterocycles. The number of carbonyl (C=O) groups excluding carboxylic acids is 1. The minimum atomic E-state index is -0.824. The molecule has 1 atom stereocenters. The van der Waals surface area contributed by atoms with Crippen LogP contribution in [0.1, 0.15) is 27.7 Å². The second kappa shape index (κ2) is 6.61. The van der Waals surface area contributed by atoms with Gasteiger partial charge in [0.05, 0.1) is 16.5 Å². The van der Waals surface area contributed by atoms with Crippen molar-refractivity contribution in [3.63, 3.8) is 0 Å². The van der Waals surface area contributed by atoms with Crippen molar-refractivity contribution in [3.8, 4) is 0 Å². The van der Waals surface area contributed by atoms with Gasteiger partial charge in [-0.25, -0.2) is 13.5 Å². The van der Waals surface area contributed by atoms with Crippen molar-refractivity contribution in [1.29, 1.82) is 0 Å². The molecule has 0 bridgehead atoms. The number of anilines is 1. The van der Waals surface area contributed by atoms with E-state index in [1.807, 2.05) is 20.8 Å². The Morgan fingerprint density at radius 3 is 2.65 bits per heavy atom. The van der Waals surface area contributed by atoms with Gasteiger partial charge in [0.1, 0.15) is 11.6 Å². The predicted molar refractivity (Wildman–Crippen MR) is 83.1 cm³/mol. The number of nitrogens with zero attached hydrogens (tertiary/aromatic N) is 4. The first-order valence-corrected chi connectivity index (χ1v) is 7.78. The van der Waals surface area contributed by atoms with Crippen molar-refractivity contribution in [1.82, 2.24) is 20.2 Å². The highest BCUT2D eigenvalue weighted by Crippen LogP contribution is 2.26. The molecule has 1 N–H and O–H groups in total. The van der Waals surface area contributed by atoms with E-state index < -0.39 is 22.8 Å². The number of nitrogens with one attached hydrogen (secondary N) is 1. The SMILES string of the molecule is CC(Sc1nnnn1C(C)(C)C)C(=O)Nc1ccc(F)cc1F. The Bertz CT molecular complexity index is 713. The van der Waals surface area contributed by atoms with Gasteiger partial charge in [0.2, 0.25) is 11.1 Å². The van der Waals surface area contributed by atoms with E-state index in [-0.39, 0.29) is 11.2 Å². The topological polar surface area (TPSA) is 72.7 Å². The van der Waals surface area contributed by atoms with E-state index in [2.05, 4.69) is 20.8 Å². The zero-order valence-corrected chi connectivity index (χ0v) is 14.0. The van der Waals surface area contributed by atoms with Gasteiger partial charge in [-0.1, -0.05) is 11.8 Å². The Labute approximate surface area is 136 Å². The summed E-state index contributed by atoms with van der Waals surface area (Å²) in [5.74, 6) is -1.95. The number of benzene rings is 1. The molecule has 2 aromatic rings. The molecule has 1 aromatic carbocycles. The lowest BCUT2D eigenvalue weighted by molar-refractivity contribution is -0.115. The van der Waals surface area contributed by atoms with Crippen LogP contribution in [0, 0.1) is 11.6 Å². The van der Waals surface area contributed by atoms with E-state index in [4.69, 9.17) is 0 Å². The van der Waals surface area contributed by atoms with Crippen LogP contribution in [0.3, 0.4) is 0 Å². The molecule has 124 valence electrons. The van der Waals surface area contributed by atoms with Crippen molar-refractivity contribution in [2.75, 3.05) is 5.32 Å². The van der Waals surface area contributed by atoms with Gasteiger partial charge in [-0.15, -0.1) is 5.10 Å². The van der Waals surface area contributed by atoms with Crippen LogP contribution in [0.2, 0.25) is 0 Å². The Morgan fingerprint density at radius 1 is 1.35 bits per heavy atom. The molecule has 0 aliphatic carbocycles. The molecule has 0 saturated carbocycles. The number of halogens is 2. The molecule has 1 unspecified atom stereocenters. The van der Waals surface area contributed by atoms with Crippen LogP contribution in [0.15, 0.2) is 23.4 Å². The van der Waals surface area contributed by atoms with Gasteiger partial charge >= 0.3 is 0 Å². The zero-order chi connectivity index (χ0) is 17.2. The molecule has 1 amide bonds. The lowest BCUT2D eigenvalue weighted by atomic mass is 10.1. The van der Waals surface area contributed by atoms with Crippen molar-refractivity contribution in [3.05, 3.63) is 29.8 Å². The number of hydrogen-bond donors (Lipinski definition) is 1. The molecule has 0 aliphatic rings. The molecule has 0 radical (unpaired) electrons. The van der Waals surface area contributed by atoms with Crippen LogP contribution < -0.4 is 5.32 Å². The maximum Gasteiger partial charge on any atom is 0.237 e. The Kier molecular flexibility index (Phi) is 4.98. The third kappa shape index (κ3) is 4.25. The minimum Gasteiger partial charge on any atom is -0.323 e. The first kappa shape index (κ1) is 17.3. The number of hydrogen-bond acceptors (Lipinski definition) is 5. The van der Waals surface area contributed by atoms with Gasteiger partial charge in [0, 0.05) is 6.07 Å². The van der Waals surface area contributed by atoms with Crippen LogP contribution in [0.25, 0.3) is 0 Å². The Morgan fingerprint density at radius 2 is 2.04 bits per heavy atom. The van der Waals surface area contributed by atoms with E-state index in [0.717, 1.165) is 17.8 Å². The Hall–Kier alpha value is -2.03. The molecular formula is C14H17F2N5OS. The summed E-state index contributed by atoms with van der Waals surface area (Å²) < 4.78 is 28.1. The zero-order valence-electron chi connectivity index (χ0n) is 13.2. The van der Waals surface area contributed by atoms with E-state index in [9.17, 15) is 13.6 Å². The molecule has 23 heavy (non-hydrogen) atoms. The van der Waals surface area contributed by atoms with E-state index in [0.29, 0.717) is 11.2 Å². The largest absolute Gasteiger partial charge is 0.323 e. The van der Waals surface area contributed by atoms with Crippen molar-refractivity contribution in [2.24, 2.45) is 0 Å². The van der Waals surface area contributed by atoms with Crippen LogP contribution in [-0.2, 0) is 10.3 Å². The fourth-order valence-electron chi connectivity index (χ4n) is 1.71. The number of amides is 1. The van der Waals surface area contributed by atoms with Gasteiger partial charge in [0.15, 0.2) is 0 Å². The first-order chi connectivity index (χ1) is 10.7. The molecular weight excluding hydrogens is 324 g/mol. The third-order valence-corrected chi connectivity index (χ3v) is 3.95. The average Bonchev–Trinajstić information content (AvgIpc) is 2.90.